The van der Waals surface area contributed by atoms with Crippen LogP contribution in [0.1, 0.15) is 40.5 Å². The molecule has 19 heavy (non-hydrogen) atoms. The molecule has 0 aromatic heterocycles. The van der Waals surface area contributed by atoms with E-state index in [0.717, 1.165) is 12.8 Å². The van der Waals surface area contributed by atoms with Crippen LogP contribution in [0, 0.1) is 5.41 Å². The molecule has 0 bridgehead atoms. The van der Waals surface area contributed by atoms with Gasteiger partial charge in [-0.15, -0.1) is 11.6 Å². The van der Waals surface area contributed by atoms with Gasteiger partial charge in [-0.25, -0.2) is 0 Å². The fraction of sp³-hybridized carbons (Fsp3) is 0.929. The van der Waals surface area contributed by atoms with E-state index in [2.05, 4.69) is 0 Å². The molecule has 0 aromatic carbocycles. The molecule has 3 atom stereocenters. The highest BCUT2D eigenvalue weighted by molar-refractivity contribution is 6.17. The summed E-state index contributed by atoms with van der Waals surface area (Å²) in [7, 11) is 0. The smallest absolute Gasteiger partial charge is 0.172 e. The molecule has 2 saturated heterocycles. The molecule has 2 aliphatic heterocycles. The topological polar surface area (TPSA) is 44.8 Å². The van der Waals surface area contributed by atoms with Crippen LogP contribution in [0.15, 0.2) is 0 Å². The number of carbonyl (C=O) groups excluding carboxylic acids is 1. The minimum absolute atomic E-state index is 0.111. The second-order valence-corrected chi connectivity index (χ2v) is 6.71. The molecule has 2 heterocycles. The van der Waals surface area contributed by atoms with Crippen LogP contribution >= 0.6 is 11.6 Å². The Balaban J connectivity index is 2.15. The number of carbonyl (C=O) groups is 1. The summed E-state index contributed by atoms with van der Waals surface area (Å²) in [6, 6.07) is 0. The zero-order chi connectivity index (χ0) is 14.3. The summed E-state index contributed by atoms with van der Waals surface area (Å²) < 4.78 is 17.4. The molecular weight excluding hydrogens is 268 g/mol. The lowest BCUT2D eigenvalue weighted by molar-refractivity contribution is -0.323. The summed E-state index contributed by atoms with van der Waals surface area (Å²) in [6.45, 7) is 7.90. The first-order chi connectivity index (χ1) is 8.78. The van der Waals surface area contributed by atoms with Crippen molar-refractivity contribution in [2.45, 2.75) is 64.6 Å². The van der Waals surface area contributed by atoms with Gasteiger partial charge >= 0.3 is 0 Å². The number of halogens is 1. The Bertz CT molecular complexity index is 353. The molecule has 4 nitrogen and oxygen atoms in total. The number of hydrogen-bond acceptors (Lipinski definition) is 4. The van der Waals surface area contributed by atoms with Crippen molar-refractivity contribution < 1.29 is 19.0 Å². The molecule has 0 aromatic rings. The molecule has 0 unspecified atom stereocenters. The van der Waals surface area contributed by atoms with E-state index in [4.69, 9.17) is 25.8 Å². The van der Waals surface area contributed by atoms with Crippen LogP contribution in [0.3, 0.4) is 0 Å². The first kappa shape index (κ1) is 15.2. The van der Waals surface area contributed by atoms with Crippen molar-refractivity contribution in [2.24, 2.45) is 5.41 Å². The summed E-state index contributed by atoms with van der Waals surface area (Å²) in [5.74, 6) is -0.0305. The van der Waals surface area contributed by atoms with E-state index in [0.29, 0.717) is 12.5 Å². The summed E-state index contributed by atoms with van der Waals surface area (Å²) in [4.78, 5) is 12.6. The number of ether oxygens (including phenoxy) is 3. The lowest BCUT2D eigenvalue weighted by atomic mass is 9.74. The third-order valence-electron chi connectivity index (χ3n) is 3.98. The van der Waals surface area contributed by atoms with Crippen molar-refractivity contribution in [3.63, 3.8) is 0 Å². The van der Waals surface area contributed by atoms with Gasteiger partial charge in [0.2, 0.25) is 0 Å². The molecule has 0 saturated carbocycles. The molecule has 2 aliphatic rings. The number of ketones is 1. The van der Waals surface area contributed by atoms with Crippen LogP contribution in [0.25, 0.3) is 0 Å². The minimum Gasteiger partial charge on any atom is -0.368 e. The van der Waals surface area contributed by atoms with Crippen LogP contribution in [-0.4, -0.2) is 42.4 Å². The highest BCUT2D eigenvalue weighted by atomic mass is 35.5. The summed E-state index contributed by atoms with van der Waals surface area (Å²) in [6.07, 6.45) is 0.691. The van der Waals surface area contributed by atoms with E-state index in [1.54, 1.807) is 0 Å². The molecule has 2 fully saturated rings. The van der Waals surface area contributed by atoms with Crippen LogP contribution in [0.5, 0.6) is 0 Å². The van der Waals surface area contributed by atoms with Gasteiger partial charge in [-0.3, -0.25) is 4.79 Å². The third kappa shape index (κ3) is 2.97. The van der Waals surface area contributed by atoms with Crippen LogP contribution in [0.4, 0.5) is 0 Å². The Morgan fingerprint density at radius 1 is 1.32 bits per heavy atom. The molecule has 5 heteroatoms. The molecule has 0 radical (unpaired) electrons. The highest BCUT2D eigenvalue weighted by Gasteiger charge is 2.53. The molecule has 110 valence electrons. The van der Waals surface area contributed by atoms with Gasteiger partial charge in [0.1, 0.15) is 12.2 Å². The van der Waals surface area contributed by atoms with E-state index >= 15 is 0 Å². The number of rotatable bonds is 3. The molecular formula is C14H23ClO4. The summed E-state index contributed by atoms with van der Waals surface area (Å²) >= 11 is 5.74. The van der Waals surface area contributed by atoms with Crippen molar-refractivity contribution in [3.05, 3.63) is 0 Å². The van der Waals surface area contributed by atoms with E-state index in [1.165, 1.54) is 0 Å². The van der Waals surface area contributed by atoms with Crippen molar-refractivity contribution >= 4 is 17.4 Å². The van der Waals surface area contributed by atoms with Crippen LogP contribution in [0.2, 0.25) is 0 Å². The van der Waals surface area contributed by atoms with E-state index < -0.39 is 17.3 Å². The van der Waals surface area contributed by atoms with Crippen molar-refractivity contribution in [2.75, 3.05) is 12.5 Å². The second kappa shape index (κ2) is 5.32. The molecule has 2 rings (SSSR count). The SMILES string of the molecule is CC1(C)OC[C@H]2O[C@H](CCCCl)C(C)(C)C(=O)[C@H]2O1. The normalized spacial score (nSPS) is 36.9. The van der Waals surface area contributed by atoms with Gasteiger partial charge in [0.05, 0.1) is 18.1 Å². The lowest BCUT2D eigenvalue weighted by Gasteiger charge is -2.49. The maximum Gasteiger partial charge on any atom is 0.172 e. The largest absolute Gasteiger partial charge is 0.368 e. The average molecular weight is 291 g/mol. The first-order valence-corrected chi connectivity index (χ1v) is 7.39. The van der Waals surface area contributed by atoms with E-state index in [1.807, 2.05) is 27.7 Å². The molecule has 0 spiro atoms. The minimum atomic E-state index is -0.723. The number of Topliss-reactive ketones (excluding diaryl/α,β-unsaturated/α-hetero) is 1. The zero-order valence-electron chi connectivity index (χ0n) is 12.1. The first-order valence-electron chi connectivity index (χ1n) is 6.85. The Labute approximate surface area is 119 Å². The fourth-order valence-electron chi connectivity index (χ4n) is 2.72. The van der Waals surface area contributed by atoms with Gasteiger partial charge in [0, 0.05) is 5.88 Å². The summed E-state index contributed by atoms with van der Waals surface area (Å²) in [5, 5.41) is 0. The zero-order valence-corrected chi connectivity index (χ0v) is 12.8. The van der Waals surface area contributed by atoms with Gasteiger partial charge in [0.15, 0.2) is 11.6 Å². The van der Waals surface area contributed by atoms with Crippen molar-refractivity contribution in [3.8, 4) is 0 Å². The lowest BCUT2D eigenvalue weighted by Crippen LogP contribution is -2.63. The van der Waals surface area contributed by atoms with Crippen LogP contribution < -0.4 is 0 Å². The molecule has 0 amide bonds. The highest BCUT2D eigenvalue weighted by Crippen LogP contribution is 2.40. The molecule has 0 N–H and O–H groups in total. The van der Waals surface area contributed by atoms with E-state index in [-0.39, 0.29) is 18.0 Å². The monoisotopic (exact) mass is 290 g/mol. The summed E-state index contributed by atoms with van der Waals surface area (Å²) in [5.41, 5.74) is -0.541. The Morgan fingerprint density at radius 3 is 2.63 bits per heavy atom. The maximum atomic E-state index is 12.6. The Kier molecular flexibility index (Phi) is 4.26. The van der Waals surface area contributed by atoms with Crippen LogP contribution in [-0.2, 0) is 19.0 Å². The van der Waals surface area contributed by atoms with Gasteiger partial charge in [-0.2, -0.15) is 0 Å². The van der Waals surface area contributed by atoms with E-state index in [9.17, 15) is 4.79 Å². The van der Waals surface area contributed by atoms with Crippen molar-refractivity contribution in [1.82, 2.24) is 0 Å². The third-order valence-corrected chi connectivity index (χ3v) is 4.25. The van der Waals surface area contributed by atoms with Crippen molar-refractivity contribution in [1.29, 1.82) is 0 Å². The number of alkyl halides is 1. The van der Waals surface area contributed by atoms with Gasteiger partial charge in [-0.05, 0) is 26.7 Å². The quantitative estimate of drug-likeness (QED) is 0.749. The fourth-order valence-corrected chi connectivity index (χ4v) is 2.87. The predicted molar refractivity (Wildman–Crippen MR) is 72.3 cm³/mol. The standard InChI is InChI=1S/C14H23ClO4/c1-13(2)10(6-5-7-15)18-9-8-17-14(3,4)19-11(9)12(13)16/h9-11H,5-8H2,1-4H3/t9-,10-,11+/m1/s1. The van der Waals surface area contributed by atoms with Gasteiger partial charge in [-0.1, -0.05) is 13.8 Å². The molecule has 0 aliphatic carbocycles. The number of hydrogen-bond donors (Lipinski definition) is 0. The number of fused-ring (bicyclic) bond motifs is 1. The average Bonchev–Trinajstić information content (AvgIpc) is 2.32. The van der Waals surface area contributed by atoms with Gasteiger partial charge in [0.25, 0.3) is 0 Å². The maximum absolute atomic E-state index is 12.6. The predicted octanol–water partition coefficient (Wildman–Crippen LogP) is 2.52. The Hall–Kier alpha value is -0.160. The Morgan fingerprint density at radius 2 is 2.00 bits per heavy atom. The second-order valence-electron chi connectivity index (χ2n) is 6.33. The van der Waals surface area contributed by atoms with Gasteiger partial charge < -0.3 is 14.2 Å².